The zero-order valence-corrected chi connectivity index (χ0v) is 10.5. The van der Waals surface area contributed by atoms with Crippen molar-refractivity contribution in [3.8, 4) is 0 Å². The maximum atomic E-state index is 12.4. The van der Waals surface area contributed by atoms with Gasteiger partial charge in [0.25, 0.3) is 5.82 Å². The fourth-order valence-electron chi connectivity index (χ4n) is 1.18. The smallest absolute Gasteiger partial charge is 0.424 e. The van der Waals surface area contributed by atoms with Crippen LogP contribution in [0.15, 0.2) is 9.57 Å². The average Bonchev–Trinajstić information content (AvgIpc) is 2.92. The Bertz CT molecular complexity index is 565. The fraction of sp³-hybridized carbons (Fsp3) is 0.500. The first kappa shape index (κ1) is 13.6. The van der Waals surface area contributed by atoms with E-state index in [1.165, 1.54) is 0 Å². The molecule has 0 aliphatic heterocycles. The van der Waals surface area contributed by atoms with Crippen LogP contribution in [0, 0.1) is 0 Å². The predicted octanol–water partition coefficient (Wildman–Crippen LogP) is 1.25. The van der Waals surface area contributed by atoms with Gasteiger partial charge in [-0.15, -0.1) is 20.4 Å². The fourth-order valence-corrected chi connectivity index (χ4v) is 1.88. The highest BCUT2D eigenvalue weighted by Gasteiger charge is 2.38. The standard InChI is InChI=1S/C8H9F3N6OS/c1-2-4-13-14-5(18-4)3-19-7-16-15-6(17(7)12)8(9,10)11/h2-3,12H2,1H3. The molecule has 2 aromatic heterocycles. The van der Waals surface area contributed by atoms with Crippen molar-refractivity contribution in [3.63, 3.8) is 0 Å². The number of rotatable bonds is 4. The first-order valence-electron chi connectivity index (χ1n) is 5.13. The van der Waals surface area contributed by atoms with E-state index >= 15 is 0 Å². The van der Waals surface area contributed by atoms with Crippen LogP contribution < -0.4 is 5.84 Å². The molecule has 0 unspecified atom stereocenters. The lowest BCUT2D eigenvalue weighted by Gasteiger charge is -2.05. The first-order valence-corrected chi connectivity index (χ1v) is 6.12. The van der Waals surface area contributed by atoms with Crippen molar-refractivity contribution in [1.29, 1.82) is 0 Å². The molecule has 0 aromatic carbocycles. The summed E-state index contributed by atoms with van der Waals surface area (Å²) in [6.07, 6.45) is -4.05. The van der Waals surface area contributed by atoms with E-state index in [0.29, 0.717) is 22.9 Å². The zero-order chi connectivity index (χ0) is 14.0. The molecule has 2 N–H and O–H groups in total. The Kier molecular flexibility index (Phi) is 3.64. The van der Waals surface area contributed by atoms with Gasteiger partial charge in [-0.1, -0.05) is 18.7 Å². The summed E-state index contributed by atoms with van der Waals surface area (Å²) in [7, 11) is 0. The SMILES string of the molecule is CCc1nnc(CSc2nnc(C(F)(F)F)n2N)o1. The molecule has 0 aliphatic rings. The molecule has 0 atom stereocenters. The van der Waals surface area contributed by atoms with Crippen molar-refractivity contribution in [2.45, 2.75) is 30.4 Å². The molecule has 2 rings (SSSR count). The van der Waals surface area contributed by atoms with Crippen LogP contribution in [0.1, 0.15) is 24.5 Å². The normalized spacial score (nSPS) is 12.0. The van der Waals surface area contributed by atoms with Gasteiger partial charge >= 0.3 is 6.18 Å². The number of thioether (sulfide) groups is 1. The lowest BCUT2D eigenvalue weighted by molar-refractivity contribution is -0.146. The van der Waals surface area contributed by atoms with Gasteiger partial charge in [0, 0.05) is 6.42 Å². The highest BCUT2D eigenvalue weighted by molar-refractivity contribution is 7.98. The monoisotopic (exact) mass is 294 g/mol. The van der Waals surface area contributed by atoms with Crippen LogP contribution in [0.5, 0.6) is 0 Å². The van der Waals surface area contributed by atoms with Crippen LogP contribution in [0.2, 0.25) is 0 Å². The quantitative estimate of drug-likeness (QED) is 0.669. The van der Waals surface area contributed by atoms with Crippen LogP contribution in [-0.4, -0.2) is 25.1 Å². The van der Waals surface area contributed by atoms with Gasteiger partial charge in [0.2, 0.25) is 16.9 Å². The minimum absolute atomic E-state index is 0.0800. The van der Waals surface area contributed by atoms with Crippen LogP contribution in [0.4, 0.5) is 13.2 Å². The second kappa shape index (κ2) is 5.07. The molecular formula is C8H9F3N6OS. The predicted molar refractivity (Wildman–Crippen MR) is 58.4 cm³/mol. The van der Waals surface area contributed by atoms with Crippen LogP contribution in [-0.2, 0) is 18.3 Å². The van der Waals surface area contributed by atoms with Gasteiger partial charge in [0.1, 0.15) is 0 Å². The molecule has 0 radical (unpaired) electrons. The molecule has 0 saturated heterocycles. The van der Waals surface area contributed by atoms with Crippen molar-refractivity contribution in [1.82, 2.24) is 25.1 Å². The number of nitrogen functional groups attached to an aromatic ring is 1. The largest absolute Gasteiger partial charge is 0.453 e. The number of nitrogens with zero attached hydrogens (tertiary/aromatic N) is 5. The maximum Gasteiger partial charge on any atom is 0.453 e. The van der Waals surface area contributed by atoms with Gasteiger partial charge in [-0.25, -0.2) is 4.68 Å². The van der Waals surface area contributed by atoms with E-state index in [2.05, 4.69) is 20.4 Å². The van der Waals surface area contributed by atoms with Crippen molar-refractivity contribution < 1.29 is 17.6 Å². The van der Waals surface area contributed by atoms with E-state index in [1.54, 1.807) is 0 Å². The summed E-state index contributed by atoms with van der Waals surface area (Å²) in [5.41, 5.74) is 0. The topological polar surface area (TPSA) is 95.7 Å². The van der Waals surface area contributed by atoms with Crippen molar-refractivity contribution in [3.05, 3.63) is 17.6 Å². The number of hydrogen-bond acceptors (Lipinski definition) is 7. The summed E-state index contributed by atoms with van der Waals surface area (Å²) < 4.78 is 42.9. The van der Waals surface area contributed by atoms with E-state index in [-0.39, 0.29) is 10.9 Å². The number of aryl methyl sites for hydroxylation is 1. The number of halogens is 3. The average molecular weight is 294 g/mol. The third kappa shape index (κ3) is 2.97. The van der Waals surface area contributed by atoms with Crippen LogP contribution in [0.25, 0.3) is 0 Å². The summed E-state index contributed by atoms with van der Waals surface area (Å²) in [6, 6.07) is 0. The Morgan fingerprint density at radius 2 is 1.89 bits per heavy atom. The van der Waals surface area contributed by atoms with E-state index in [1.807, 2.05) is 6.92 Å². The van der Waals surface area contributed by atoms with Crippen LogP contribution >= 0.6 is 11.8 Å². The van der Waals surface area contributed by atoms with Gasteiger partial charge in [0.15, 0.2) is 0 Å². The minimum Gasteiger partial charge on any atom is -0.424 e. The van der Waals surface area contributed by atoms with E-state index < -0.39 is 12.0 Å². The number of aromatic nitrogens is 5. The Morgan fingerprint density at radius 3 is 2.42 bits per heavy atom. The molecule has 2 heterocycles. The number of alkyl halides is 3. The minimum atomic E-state index is -4.64. The molecule has 0 bridgehead atoms. The highest BCUT2D eigenvalue weighted by atomic mass is 32.2. The molecule has 0 aliphatic carbocycles. The molecule has 0 saturated carbocycles. The Morgan fingerprint density at radius 1 is 1.21 bits per heavy atom. The first-order chi connectivity index (χ1) is 8.91. The molecule has 0 amide bonds. The number of nitrogens with two attached hydrogens (primary N) is 1. The summed E-state index contributed by atoms with van der Waals surface area (Å²) in [6.45, 7) is 1.84. The molecule has 0 spiro atoms. The molecule has 11 heteroatoms. The van der Waals surface area contributed by atoms with Gasteiger partial charge < -0.3 is 10.3 Å². The summed E-state index contributed by atoms with van der Waals surface area (Å²) in [4.78, 5) is 0. The van der Waals surface area contributed by atoms with Crippen molar-refractivity contribution >= 4 is 11.8 Å². The van der Waals surface area contributed by atoms with Crippen LogP contribution in [0.3, 0.4) is 0 Å². The van der Waals surface area contributed by atoms with Gasteiger partial charge in [0.05, 0.1) is 5.75 Å². The lowest BCUT2D eigenvalue weighted by Crippen LogP contribution is -2.21. The van der Waals surface area contributed by atoms with E-state index in [4.69, 9.17) is 10.3 Å². The van der Waals surface area contributed by atoms with Gasteiger partial charge in [-0.3, -0.25) is 0 Å². The second-order valence-electron chi connectivity index (χ2n) is 3.41. The molecule has 19 heavy (non-hydrogen) atoms. The van der Waals surface area contributed by atoms with E-state index in [0.717, 1.165) is 11.8 Å². The number of hydrogen-bond donors (Lipinski definition) is 1. The Labute approximate surface area is 109 Å². The zero-order valence-electron chi connectivity index (χ0n) is 9.68. The summed E-state index contributed by atoms with van der Waals surface area (Å²) in [5.74, 6) is 4.93. The van der Waals surface area contributed by atoms with Gasteiger partial charge in [-0.2, -0.15) is 13.2 Å². The highest BCUT2D eigenvalue weighted by Crippen LogP contribution is 2.29. The maximum absolute atomic E-state index is 12.4. The molecule has 7 nitrogen and oxygen atoms in total. The molecular weight excluding hydrogens is 285 g/mol. The third-order valence-corrected chi connectivity index (χ3v) is 2.98. The summed E-state index contributed by atoms with van der Waals surface area (Å²) in [5, 5.41) is 13.7. The van der Waals surface area contributed by atoms with Crippen molar-refractivity contribution in [2.24, 2.45) is 0 Å². The lowest BCUT2D eigenvalue weighted by atomic mass is 10.5. The second-order valence-corrected chi connectivity index (χ2v) is 4.35. The summed E-state index contributed by atoms with van der Waals surface area (Å²) >= 11 is 0.929. The van der Waals surface area contributed by atoms with E-state index in [9.17, 15) is 13.2 Å². The molecule has 2 aromatic rings. The molecule has 104 valence electrons. The van der Waals surface area contributed by atoms with Crippen molar-refractivity contribution in [2.75, 3.05) is 5.84 Å². The third-order valence-electron chi connectivity index (χ3n) is 2.05. The molecule has 0 fully saturated rings. The van der Waals surface area contributed by atoms with Gasteiger partial charge in [-0.05, 0) is 0 Å². The Hall–Kier alpha value is -1.78. The Balaban J connectivity index is 2.06.